The summed E-state index contributed by atoms with van der Waals surface area (Å²) in [5.74, 6) is 2.92. The van der Waals surface area contributed by atoms with Gasteiger partial charge >= 0.3 is 0 Å². The maximum atomic E-state index is 11.9. The number of aliphatic hydroxyl groups is 2. The highest BCUT2D eigenvalue weighted by atomic mass is 32.1. The predicted molar refractivity (Wildman–Crippen MR) is 127 cm³/mol. The number of hydrogen-bond donors (Lipinski definition) is 2. The molecule has 178 valence electrons. The summed E-state index contributed by atoms with van der Waals surface area (Å²) in [6.45, 7) is 9.67. The smallest absolute Gasteiger partial charge is 0.0981 e. The molecule has 0 radical (unpaired) electrons. The molecule has 6 rings (SSSR count). The second kappa shape index (κ2) is 7.01. The molecule has 5 heteroatoms. The van der Waals surface area contributed by atoms with Crippen LogP contribution in [-0.2, 0) is 12.8 Å². The van der Waals surface area contributed by atoms with E-state index in [1.165, 1.54) is 56.2 Å². The Hall–Kier alpha value is -0.520. The topological polar surface area (TPSA) is 66.2 Å². The van der Waals surface area contributed by atoms with E-state index >= 15 is 0 Å². The summed E-state index contributed by atoms with van der Waals surface area (Å²) in [7, 11) is 0. The molecular formula is C27H42N2O2S. The van der Waals surface area contributed by atoms with Crippen molar-refractivity contribution in [2.24, 2.45) is 45.8 Å². The van der Waals surface area contributed by atoms with Crippen molar-refractivity contribution in [1.82, 2.24) is 9.59 Å². The van der Waals surface area contributed by atoms with E-state index < -0.39 is 11.7 Å². The van der Waals surface area contributed by atoms with Gasteiger partial charge in [-0.25, -0.2) is 0 Å². The van der Waals surface area contributed by atoms with Crippen LogP contribution in [0.25, 0.3) is 0 Å². The summed E-state index contributed by atoms with van der Waals surface area (Å²) in [6, 6.07) is 0. The minimum Gasteiger partial charge on any atom is -0.390 e. The molecule has 9 atom stereocenters. The highest BCUT2D eigenvalue weighted by Gasteiger charge is 2.84. The van der Waals surface area contributed by atoms with Crippen LogP contribution in [0.2, 0.25) is 0 Å². The van der Waals surface area contributed by atoms with Gasteiger partial charge in [-0.15, -0.1) is 5.10 Å². The van der Waals surface area contributed by atoms with Gasteiger partial charge in [0, 0.05) is 16.7 Å². The van der Waals surface area contributed by atoms with E-state index in [0.29, 0.717) is 17.3 Å². The van der Waals surface area contributed by atoms with Crippen LogP contribution >= 0.6 is 11.5 Å². The van der Waals surface area contributed by atoms with E-state index in [-0.39, 0.29) is 16.7 Å². The summed E-state index contributed by atoms with van der Waals surface area (Å²) in [6.07, 6.45) is 12.5. The van der Waals surface area contributed by atoms with Gasteiger partial charge in [-0.2, -0.15) is 0 Å². The Balaban J connectivity index is 1.28. The third-order valence-corrected chi connectivity index (χ3v) is 12.5. The SMILES string of the molecule is CC(C)CCCC[C@H]1CC[C@H]2[C@@H]3[C@@H](O)[C@@]4(O)C[C@@]45Cc4nnsc4C[C@]5(C)[C@H]3CC[C@]12C. The molecule has 0 unspecified atom stereocenters. The fraction of sp³-hybridized carbons (Fsp3) is 0.926. The lowest BCUT2D eigenvalue weighted by atomic mass is 9.43. The van der Waals surface area contributed by atoms with Crippen LogP contribution in [0.15, 0.2) is 0 Å². The van der Waals surface area contributed by atoms with Gasteiger partial charge in [-0.05, 0) is 96.9 Å². The Kier molecular flexibility index (Phi) is 4.81. The molecule has 0 amide bonds. The zero-order valence-corrected chi connectivity index (χ0v) is 21.3. The number of fused-ring (bicyclic) bond motifs is 5. The van der Waals surface area contributed by atoms with Crippen LogP contribution in [0.5, 0.6) is 0 Å². The number of unbranched alkanes of at least 4 members (excludes halogenated alkanes) is 1. The van der Waals surface area contributed by atoms with E-state index in [0.717, 1.165) is 36.8 Å². The molecule has 1 spiro atoms. The Labute approximate surface area is 197 Å². The summed E-state index contributed by atoms with van der Waals surface area (Å²) in [5, 5.41) is 28.0. The van der Waals surface area contributed by atoms with E-state index in [4.69, 9.17) is 0 Å². The highest BCUT2D eigenvalue weighted by Crippen LogP contribution is 2.81. The van der Waals surface area contributed by atoms with Crippen molar-refractivity contribution in [1.29, 1.82) is 0 Å². The zero-order chi connectivity index (χ0) is 22.5. The molecule has 4 saturated carbocycles. The molecule has 1 aromatic heterocycles. The van der Waals surface area contributed by atoms with Crippen molar-refractivity contribution in [2.45, 2.75) is 110 Å². The highest BCUT2D eigenvalue weighted by molar-refractivity contribution is 7.05. The predicted octanol–water partition coefficient (Wildman–Crippen LogP) is 5.41. The van der Waals surface area contributed by atoms with Crippen molar-refractivity contribution in [3.05, 3.63) is 10.6 Å². The van der Waals surface area contributed by atoms with Crippen LogP contribution in [-0.4, -0.2) is 31.5 Å². The van der Waals surface area contributed by atoms with Gasteiger partial charge < -0.3 is 10.2 Å². The zero-order valence-electron chi connectivity index (χ0n) is 20.4. The number of aliphatic hydroxyl groups excluding tert-OH is 1. The summed E-state index contributed by atoms with van der Waals surface area (Å²) in [5.41, 5.74) is 0.387. The Morgan fingerprint density at radius 1 is 1.09 bits per heavy atom. The van der Waals surface area contributed by atoms with Gasteiger partial charge in [0.1, 0.15) is 0 Å². The third kappa shape index (κ3) is 2.62. The normalized spacial score (nSPS) is 50.9. The van der Waals surface area contributed by atoms with Crippen LogP contribution < -0.4 is 0 Å². The van der Waals surface area contributed by atoms with Crippen molar-refractivity contribution in [2.75, 3.05) is 0 Å². The Morgan fingerprint density at radius 3 is 2.69 bits per heavy atom. The van der Waals surface area contributed by atoms with E-state index in [1.54, 1.807) is 11.5 Å². The lowest BCUT2D eigenvalue weighted by Gasteiger charge is -2.62. The van der Waals surface area contributed by atoms with Crippen LogP contribution in [0, 0.1) is 45.8 Å². The van der Waals surface area contributed by atoms with E-state index in [9.17, 15) is 10.2 Å². The van der Waals surface area contributed by atoms with Crippen molar-refractivity contribution in [3.63, 3.8) is 0 Å². The average molecular weight is 459 g/mol. The molecule has 0 aromatic carbocycles. The summed E-state index contributed by atoms with van der Waals surface area (Å²) in [4.78, 5) is 1.34. The molecule has 5 aliphatic carbocycles. The molecule has 0 bridgehead atoms. The largest absolute Gasteiger partial charge is 0.390 e. The molecule has 2 N–H and O–H groups in total. The molecule has 4 nitrogen and oxygen atoms in total. The first-order valence-corrected chi connectivity index (χ1v) is 14.1. The Morgan fingerprint density at radius 2 is 1.91 bits per heavy atom. The molecule has 0 saturated heterocycles. The minimum atomic E-state index is -0.919. The Bertz CT molecular complexity index is 902. The lowest BCUT2D eigenvalue weighted by molar-refractivity contribution is -0.207. The van der Waals surface area contributed by atoms with Crippen molar-refractivity contribution >= 4 is 11.5 Å². The third-order valence-electron chi connectivity index (χ3n) is 11.8. The summed E-state index contributed by atoms with van der Waals surface area (Å²) >= 11 is 1.56. The van der Waals surface area contributed by atoms with E-state index in [1.807, 2.05) is 0 Å². The van der Waals surface area contributed by atoms with Gasteiger partial charge in [0.05, 0.1) is 17.4 Å². The first kappa shape index (κ1) is 22.0. The summed E-state index contributed by atoms with van der Waals surface area (Å²) < 4.78 is 4.26. The second-order valence-electron chi connectivity index (χ2n) is 13.3. The molecular weight excluding hydrogens is 416 g/mol. The van der Waals surface area contributed by atoms with Gasteiger partial charge in [0.25, 0.3) is 0 Å². The minimum absolute atomic E-state index is 0.0591. The fourth-order valence-corrected chi connectivity index (χ4v) is 10.7. The van der Waals surface area contributed by atoms with Crippen molar-refractivity contribution in [3.8, 4) is 0 Å². The number of aromatic nitrogens is 2. The number of nitrogens with zero attached hydrogens (tertiary/aromatic N) is 2. The van der Waals surface area contributed by atoms with Gasteiger partial charge in [0.2, 0.25) is 0 Å². The first-order chi connectivity index (χ1) is 15.2. The first-order valence-electron chi connectivity index (χ1n) is 13.4. The molecule has 4 fully saturated rings. The maximum absolute atomic E-state index is 11.9. The average Bonchev–Trinajstić information content (AvgIpc) is 3.00. The van der Waals surface area contributed by atoms with Crippen LogP contribution in [0.3, 0.4) is 0 Å². The number of rotatable bonds is 5. The lowest BCUT2D eigenvalue weighted by Crippen LogP contribution is -2.64. The van der Waals surface area contributed by atoms with Gasteiger partial charge in [0.15, 0.2) is 0 Å². The molecule has 32 heavy (non-hydrogen) atoms. The molecule has 0 aliphatic heterocycles. The van der Waals surface area contributed by atoms with Crippen LogP contribution in [0.4, 0.5) is 0 Å². The monoisotopic (exact) mass is 458 g/mol. The molecule has 1 aromatic rings. The second-order valence-corrected chi connectivity index (χ2v) is 14.2. The van der Waals surface area contributed by atoms with Crippen LogP contribution in [0.1, 0.15) is 96.1 Å². The van der Waals surface area contributed by atoms with E-state index in [2.05, 4.69) is 37.3 Å². The number of hydrogen-bond acceptors (Lipinski definition) is 5. The molecule has 5 aliphatic rings. The standard InChI is InChI=1S/C27H42N2O2S/c1-16(2)7-5-6-8-17-9-10-18-22-19(11-12-24(17,18)3)25(4)14-21-20(28-29-32-21)13-26(25)15-27(26,31)23(22)30/h16-19,22-23,30-31H,5-15H2,1-4H3/t17-,18-,19-,22-,23+,24+,25+,26+,27-/m0/s1. The van der Waals surface area contributed by atoms with Gasteiger partial charge in [-0.3, -0.25) is 0 Å². The quantitative estimate of drug-likeness (QED) is 0.579. The molecule has 1 heterocycles. The van der Waals surface area contributed by atoms with Gasteiger partial charge in [-0.1, -0.05) is 51.4 Å². The van der Waals surface area contributed by atoms with Crippen molar-refractivity contribution < 1.29 is 10.2 Å². The fourth-order valence-electron chi connectivity index (χ4n) is 9.91. The maximum Gasteiger partial charge on any atom is 0.0981 e.